The van der Waals surface area contributed by atoms with Gasteiger partial charge in [-0.05, 0) is 37.2 Å². The molecule has 3 unspecified atom stereocenters. The summed E-state index contributed by atoms with van der Waals surface area (Å²) in [6.45, 7) is 4.45. The summed E-state index contributed by atoms with van der Waals surface area (Å²) in [5.74, 6) is 1.57. The van der Waals surface area contributed by atoms with Gasteiger partial charge in [0.25, 0.3) is 0 Å². The smallest absolute Gasteiger partial charge is 0.225 e. The van der Waals surface area contributed by atoms with Gasteiger partial charge >= 0.3 is 0 Å². The highest BCUT2D eigenvalue weighted by atomic mass is 15.3. The van der Waals surface area contributed by atoms with Gasteiger partial charge in [0, 0.05) is 31.5 Å². The Labute approximate surface area is 122 Å². The Morgan fingerprint density at radius 1 is 1.30 bits per heavy atom. The molecule has 0 amide bonds. The van der Waals surface area contributed by atoms with Crippen LogP contribution < -0.4 is 10.6 Å². The van der Waals surface area contributed by atoms with Crippen LogP contribution in [0.2, 0.25) is 0 Å². The van der Waals surface area contributed by atoms with Crippen LogP contribution >= 0.6 is 0 Å². The van der Waals surface area contributed by atoms with Crippen LogP contribution in [0.1, 0.15) is 51.5 Å². The van der Waals surface area contributed by atoms with E-state index in [4.69, 9.17) is 5.73 Å². The molecule has 1 aromatic rings. The quantitative estimate of drug-likeness (QED) is 0.898. The number of hydrogen-bond acceptors (Lipinski definition) is 4. The fraction of sp³-hybridized carbons (Fsp3) is 0.750. The normalized spacial score (nSPS) is 24.4. The molecule has 4 nitrogen and oxygen atoms in total. The topological polar surface area (TPSA) is 55.0 Å². The summed E-state index contributed by atoms with van der Waals surface area (Å²) in [5, 5.41) is 0. The predicted octanol–water partition coefficient (Wildman–Crippen LogP) is 2.77. The van der Waals surface area contributed by atoms with Crippen molar-refractivity contribution in [1.29, 1.82) is 0 Å². The average Bonchev–Trinajstić information content (AvgIpc) is 2.47. The van der Waals surface area contributed by atoms with Crippen molar-refractivity contribution in [3.8, 4) is 0 Å². The molecule has 2 N–H and O–H groups in total. The van der Waals surface area contributed by atoms with E-state index in [2.05, 4.69) is 35.8 Å². The van der Waals surface area contributed by atoms with Crippen LogP contribution in [0, 0.1) is 5.92 Å². The molecule has 1 heterocycles. The van der Waals surface area contributed by atoms with Crippen molar-refractivity contribution in [2.24, 2.45) is 11.7 Å². The fourth-order valence-corrected chi connectivity index (χ4v) is 3.10. The minimum atomic E-state index is 0.209. The lowest BCUT2D eigenvalue weighted by Gasteiger charge is -2.36. The molecule has 112 valence electrons. The largest absolute Gasteiger partial charge is 0.341 e. The van der Waals surface area contributed by atoms with Crippen molar-refractivity contribution in [2.45, 2.75) is 64.5 Å². The second kappa shape index (κ2) is 7.02. The number of anilines is 1. The number of hydrogen-bond donors (Lipinski definition) is 1. The Bertz CT molecular complexity index is 403. The third-order valence-corrected chi connectivity index (χ3v) is 4.59. The van der Waals surface area contributed by atoms with E-state index >= 15 is 0 Å². The van der Waals surface area contributed by atoms with Gasteiger partial charge in [-0.15, -0.1) is 0 Å². The van der Waals surface area contributed by atoms with Crippen molar-refractivity contribution < 1.29 is 0 Å². The van der Waals surface area contributed by atoms with Crippen molar-refractivity contribution in [3.63, 3.8) is 0 Å². The molecule has 1 aliphatic rings. The summed E-state index contributed by atoms with van der Waals surface area (Å²) >= 11 is 0. The molecule has 0 aromatic carbocycles. The van der Waals surface area contributed by atoms with E-state index < -0.39 is 0 Å². The van der Waals surface area contributed by atoms with E-state index in [1.54, 1.807) is 0 Å². The first-order valence-electron chi connectivity index (χ1n) is 7.91. The molecule has 1 fully saturated rings. The number of nitrogens with two attached hydrogens (primary N) is 1. The number of rotatable bonds is 5. The van der Waals surface area contributed by atoms with Crippen molar-refractivity contribution in [2.75, 3.05) is 11.9 Å². The van der Waals surface area contributed by atoms with Crippen LogP contribution in [-0.4, -0.2) is 29.1 Å². The summed E-state index contributed by atoms with van der Waals surface area (Å²) in [4.78, 5) is 11.3. The first kappa shape index (κ1) is 15.2. The molecule has 1 aromatic heterocycles. The minimum Gasteiger partial charge on any atom is -0.341 e. The van der Waals surface area contributed by atoms with Crippen LogP contribution in [0.3, 0.4) is 0 Å². The van der Waals surface area contributed by atoms with Gasteiger partial charge in [0.2, 0.25) is 5.95 Å². The molecular formula is C16H28N4. The summed E-state index contributed by atoms with van der Waals surface area (Å²) in [7, 11) is 2.12. The van der Waals surface area contributed by atoms with Gasteiger partial charge in [0.05, 0.1) is 0 Å². The third-order valence-electron chi connectivity index (χ3n) is 4.59. The summed E-state index contributed by atoms with van der Waals surface area (Å²) < 4.78 is 0. The molecule has 2 rings (SSSR count). The maximum absolute atomic E-state index is 5.97. The predicted molar refractivity (Wildman–Crippen MR) is 83.8 cm³/mol. The molecule has 1 saturated carbocycles. The highest BCUT2D eigenvalue weighted by Crippen LogP contribution is 2.28. The van der Waals surface area contributed by atoms with E-state index in [-0.39, 0.29) is 6.04 Å². The Morgan fingerprint density at radius 3 is 2.55 bits per heavy atom. The molecule has 0 bridgehead atoms. The highest BCUT2D eigenvalue weighted by Gasteiger charge is 2.26. The van der Waals surface area contributed by atoms with E-state index in [9.17, 15) is 0 Å². The maximum Gasteiger partial charge on any atom is 0.225 e. The molecule has 0 saturated heterocycles. The second-order valence-electron chi connectivity index (χ2n) is 6.20. The highest BCUT2D eigenvalue weighted by molar-refractivity contribution is 5.31. The van der Waals surface area contributed by atoms with Crippen LogP contribution in [0.15, 0.2) is 12.4 Å². The van der Waals surface area contributed by atoms with E-state index in [0.29, 0.717) is 6.04 Å². The standard InChI is InChI=1S/C16H28N4/c1-4-14(17)9-13-10-18-16(19-11-13)20(3)15-8-6-5-7-12(15)2/h10-12,14-15H,4-9,17H2,1-3H3. The zero-order valence-corrected chi connectivity index (χ0v) is 13.0. The molecule has 1 aliphatic carbocycles. The van der Waals surface area contributed by atoms with Gasteiger partial charge in [-0.3, -0.25) is 0 Å². The lowest BCUT2D eigenvalue weighted by molar-refractivity contribution is 0.319. The van der Waals surface area contributed by atoms with Crippen LogP contribution in [0.25, 0.3) is 0 Å². The van der Waals surface area contributed by atoms with Crippen LogP contribution in [0.5, 0.6) is 0 Å². The van der Waals surface area contributed by atoms with E-state index in [0.717, 1.165) is 30.3 Å². The molecular weight excluding hydrogens is 248 g/mol. The van der Waals surface area contributed by atoms with Gasteiger partial charge in [-0.25, -0.2) is 9.97 Å². The van der Waals surface area contributed by atoms with Crippen molar-refractivity contribution >= 4 is 5.95 Å². The molecule has 0 spiro atoms. The Balaban J connectivity index is 2.01. The zero-order valence-electron chi connectivity index (χ0n) is 13.0. The first-order chi connectivity index (χ1) is 9.61. The van der Waals surface area contributed by atoms with Gasteiger partial charge in [-0.1, -0.05) is 26.7 Å². The summed E-state index contributed by atoms with van der Waals surface area (Å²) in [6.07, 6.45) is 11.0. The zero-order chi connectivity index (χ0) is 14.5. The van der Waals surface area contributed by atoms with Gasteiger partial charge in [0.15, 0.2) is 0 Å². The molecule has 0 radical (unpaired) electrons. The van der Waals surface area contributed by atoms with E-state index in [1.807, 2.05) is 12.4 Å². The fourth-order valence-electron chi connectivity index (χ4n) is 3.10. The summed E-state index contributed by atoms with van der Waals surface area (Å²) in [6, 6.07) is 0.785. The van der Waals surface area contributed by atoms with Crippen LogP contribution in [0.4, 0.5) is 5.95 Å². The minimum absolute atomic E-state index is 0.209. The van der Waals surface area contributed by atoms with E-state index in [1.165, 1.54) is 25.7 Å². The Kier molecular flexibility index (Phi) is 5.35. The van der Waals surface area contributed by atoms with Crippen LogP contribution in [-0.2, 0) is 6.42 Å². The lowest BCUT2D eigenvalue weighted by atomic mass is 9.85. The summed E-state index contributed by atoms with van der Waals surface area (Å²) in [5.41, 5.74) is 7.10. The second-order valence-corrected chi connectivity index (χ2v) is 6.20. The Hall–Kier alpha value is -1.16. The van der Waals surface area contributed by atoms with Gasteiger partial charge in [-0.2, -0.15) is 0 Å². The number of nitrogens with zero attached hydrogens (tertiary/aromatic N) is 3. The Morgan fingerprint density at radius 2 is 1.95 bits per heavy atom. The van der Waals surface area contributed by atoms with Crippen molar-refractivity contribution in [1.82, 2.24) is 9.97 Å². The molecule has 20 heavy (non-hydrogen) atoms. The maximum atomic E-state index is 5.97. The SMILES string of the molecule is CCC(N)Cc1cnc(N(C)C2CCCCC2C)nc1. The molecule has 4 heteroatoms. The third kappa shape index (κ3) is 3.69. The molecule has 3 atom stereocenters. The first-order valence-corrected chi connectivity index (χ1v) is 7.91. The molecule has 0 aliphatic heterocycles. The van der Waals surface area contributed by atoms with Gasteiger partial charge in [0.1, 0.15) is 0 Å². The van der Waals surface area contributed by atoms with Gasteiger partial charge < -0.3 is 10.6 Å². The van der Waals surface area contributed by atoms with Crippen molar-refractivity contribution in [3.05, 3.63) is 18.0 Å². The lowest BCUT2D eigenvalue weighted by Crippen LogP contribution is -2.39. The number of aromatic nitrogens is 2. The monoisotopic (exact) mass is 276 g/mol. The average molecular weight is 276 g/mol.